The summed E-state index contributed by atoms with van der Waals surface area (Å²) >= 11 is 3.30. The van der Waals surface area contributed by atoms with Gasteiger partial charge in [0.2, 0.25) is 20.9 Å². The molecular weight excluding hydrogens is 436 g/mol. The van der Waals surface area contributed by atoms with E-state index >= 15 is 0 Å². The second kappa shape index (κ2) is 7.49. The molecule has 8 nitrogen and oxygen atoms in total. The summed E-state index contributed by atoms with van der Waals surface area (Å²) in [6.07, 6.45) is 2.53. The van der Waals surface area contributed by atoms with E-state index in [2.05, 4.69) is 31.5 Å². The van der Waals surface area contributed by atoms with Crippen molar-refractivity contribution in [3.05, 3.63) is 58.8 Å². The summed E-state index contributed by atoms with van der Waals surface area (Å²) in [5.74, 6) is -1.06. The number of hydrogen-bond donors (Lipinski definition) is 2. The van der Waals surface area contributed by atoms with Crippen LogP contribution in [0.5, 0.6) is 0 Å². The molecule has 0 aliphatic carbocycles. The van der Waals surface area contributed by atoms with Crippen LogP contribution in [0.25, 0.3) is 5.52 Å². The minimum absolute atomic E-state index is 0.0625. The molecule has 2 aromatic heterocycles. The van der Waals surface area contributed by atoms with Crippen LogP contribution in [-0.2, 0) is 14.6 Å². The van der Waals surface area contributed by atoms with Crippen molar-refractivity contribution in [3.63, 3.8) is 0 Å². The fraction of sp³-hybridized carbons (Fsp3) is 0.118. The maximum absolute atomic E-state index is 12.4. The van der Waals surface area contributed by atoms with Crippen LogP contribution < -0.4 is 10.6 Å². The molecule has 10 heteroatoms. The van der Waals surface area contributed by atoms with Crippen LogP contribution in [0, 0.1) is 0 Å². The number of imidazole rings is 1. The van der Waals surface area contributed by atoms with E-state index < -0.39 is 21.7 Å². The SMILES string of the molecule is CS(=O)(=O)c1nc(C(=O)NCC(=O)Nc2ccc(Br)cc2)c2ccccn12. The van der Waals surface area contributed by atoms with Crippen LogP contribution in [0.1, 0.15) is 10.5 Å². The van der Waals surface area contributed by atoms with Crippen molar-refractivity contribution >= 4 is 48.8 Å². The molecule has 140 valence electrons. The first kappa shape index (κ1) is 19.1. The second-order valence-corrected chi connectivity index (χ2v) is 8.53. The minimum atomic E-state index is -3.63. The largest absolute Gasteiger partial charge is 0.342 e. The van der Waals surface area contributed by atoms with Gasteiger partial charge in [-0.25, -0.2) is 13.4 Å². The molecule has 0 bridgehead atoms. The Bertz CT molecular complexity index is 1120. The number of nitrogens with one attached hydrogen (secondary N) is 2. The fourth-order valence-electron chi connectivity index (χ4n) is 2.42. The van der Waals surface area contributed by atoms with Crippen LogP contribution >= 0.6 is 15.9 Å². The number of benzene rings is 1. The molecule has 27 heavy (non-hydrogen) atoms. The Morgan fingerprint density at radius 1 is 1.15 bits per heavy atom. The molecule has 2 N–H and O–H groups in total. The Kier molecular flexibility index (Phi) is 5.29. The zero-order chi connectivity index (χ0) is 19.6. The summed E-state index contributed by atoms with van der Waals surface area (Å²) in [7, 11) is -3.63. The average Bonchev–Trinajstić information content (AvgIpc) is 3.02. The summed E-state index contributed by atoms with van der Waals surface area (Å²) in [5, 5.41) is 4.87. The van der Waals surface area contributed by atoms with E-state index in [4.69, 9.17) is 0 Å². The standard InChI is InChI=1S/C17H15BrN4O4S/c1-27(25,26)17-21-15(13-4-2-3-9-22(13)17)16(24)19-10-14(23)20-12-7-5-11(18)6-8-12/h2-9H,10H2,1H3,(H,19,24)(H,20,23). The van der Waals surface area contributed by atoms with Gasteiger partial charge < -0.3 is 10.6 Å². The normalized spacial score (nSPS) is 11.3. The summed E-state index contributed by atoms with van der Waals surface area (Å²) in [4.78, 5) is 28.4. The molecule has 0 spiro atoms. The molecule has 0 aliphatic heterocycles. The third kappa shape index (κ3) is 4.34. The maximum atomic E-state index is 12.4. The lowest BCUT2D eigenvalue weighted by molar-refractivity contribution is -0.115. The smallest absolute Gasteiger partial charge is 0.272 e. The molecule has 0 fully saturated rings. The Morgan fingerprint density at radius 3 is 2.52 bits per heavy atom. The topological polar surface area (TPSA) is 110 Å². The molecule has 1 aromatic carbocycles. The Labute approximate surface area is 163 Å². The zero-order valence-electron chi connectivity index (χ0n) is 14.1. The van der Waals surface area contributed by atoms with Gasteiger partial charge in [0.15, 0.2) is 5.69 Å². The van der Waals surface area contributed by atoms with Crippen LogP contribution in [0.4, 0.5) is 5.69 Å². The van der Waals surface area contributed by atoms with Crippen molar-refractivity contribution in [2.45, 2.75) is 5.16 Å². The third-order valence-corrected chi connectivity index (χ3v) is 5.08. The average molecular weight is 451 g/mol. The van der Waals surface area contributed by atoms with Crippen LogP contribution in [0.15, 0.2) is 58.3 Å². The van der Waals surface area contributed by atoms with Gasteiger partial charge in [-0.05, 0) is 36.4 Å². The summed E-state index contributed by atoms with van der Waals surface area (Å²) in [5.41, 5.74) is 0.862. The third-order valence-electron chi connectivity index (χ3n) is 3.60. The van der Waals surface area contributed by atoms with E-state index in [9.17, 15) is 18.0 Å². The number of halogens is 1. The lowest BCUT2D eigenvalue weighted by atomic mass is 10.3. The number of pyridine rings is 1. The highest BCUT2D eigenvalue weighted by atomic mass is 79.9. The van der Waals surface area contributed by atoms with Gasteiger partial charge in [-0.3, -0.25) is 14.0 Å². The van der Waals surface area contributed by atoms with Gasteiger partial charge in [0, 0.05) is 22.6 Å². The molecule has 0 radical (unpaired) electrons. The molecule has 0 aliphatic rings. The molecule has 3 aromatic rings. The van der Waals surface area contributed by atoms with Gasteiger partial charge in [-0.2, -0.15) is 0 Å². The lowest BCUT2D eigenvalue weighted by Gasteiger charge is -2.06. The Hall–Kier alpha value is -2.72. The van der Waals surface area contributed by atoms with Gasteiger partial charge in [-0.1, -0.05) is 22.0 Å². The number of aromatic nitrogens is 2. The fourth-order valence-corrected chi connectivity index (χ4v) is 3.46. The molecule has 0 saturated carbocycles. The van der Waals surface area contributed by atoms with Crippen molar-refractivity contribution < 1.29 is 18.0 Å². The van der Waals surface area contributed by atoms with Crippen molar-refractivity contribution in [1.29, 1.82) is 0 Å². The van der Waals surface area contributed by atoms with Gasteiger partial charge in [0.25, 0.3) is 5.91 Å². The first-order valence-corrected chi connectivity index (χ1v) is 10.4. The number of nitrogens with zero attached hydrogens (tertiary/aromatic N) is 2. The highest BCUT2D eigenvalue weighted by molar-refractivity contribution is 9.10. The van der Waals surface area contributed by atoms with Crippen LogP contribution in [0.2, 0.25) is 0 Å². The molecule has 0 atom stereocenters. The van der Waals surface area contributed by atoms with Crippen molar-refractivity contribution in [3.8, 4) is 0 Å². The molecular formula is C17H15BrN4O4S. The molecule has 3 rings (SSSR count). The summed E-state index contributed by atoms with van der Waals surface area (Å²) < 4.78 is 26.0. The van der Waals surface area contributed by atoms with Gasteiger partial charge >= 0.3 is 0 Å². The number of fused-ring (bicyclic) bond motifs is 1. The van der Waals surface area contributed by atoms with E-state index in [0.29, 0.717) is 11.2 Å². The van der Waals surface area contributed by atoms with E-state index in [1.165, 1.54) is 10.6 Å². The number of amides is 2. The van der Waals surface area contributed by atoms with Gasteiger partial charge in [0.05, 0.1) is 12.1 Å². The molecule has 0 unspecified atom stereocenters. The molecule has 0 saturated heterocycles. The monoisotopic (exact) mass is 450 g/mol. The van der Waals surface area contributed by atoms with E-state index in [-0.39, 0.29) is 17.4 Å². The van der Waals surface area contributed by atoms with E-state index in [0.717, 1.165) is 10.7 Å². The van der Waals surface area contributed by atoms with Gasteiger partial charge in [-0.15, -0.1) is 0 Å². The number of anilines is 1. The number of hydrogen-bond acceptors (Lipinski definition) is 5. The maximum Gasteiger partial charge on any atom is 0.272 e. The summed E-state index contributed by atoms with van der Waals surface area (Å²) in [6, 6.07) is 11.9. The number of carbonyl (C=O) groups is 2. The Morgan fingerprint density at radius 2 is 1.85 bits per heavy atom. The lowest BCUT2D eigenvalue weighted by Crippen LogP contribution is -2.33. The number of sulfone groups is 1. The highest BCUT2D eigenvalue weighted by Gasteiger charge is 2.22. The number of carbonyl (C=O) groups excluding carboxylic acids is 2. The second-order valence-electron chi connectivity index (χ2n) is 5.71. The van der Waals surface area contributed by atoms with Gasteiger partial charge in [0.1, 0.15) is 0 Å². The van der Waals surface area contributed by atoms with E-state index in [1.54, 1.807) is 42.5 Å². The van der Waals surface area contributed by atoms with Crippen molar-refractivity contribution in [1.82, 2.24) is 14.7 Å². The highest BCUT2D eigenvalue weighted by Crippen LogP contribution is 2.17. The first-order chi connectivity index (χ1) is 12.8. The van der Waals surface area contributed by atoms with Crippen LogP contribution in [0.3, 0.4) is 0 Å². The van der Waals surface area contributed by atoms with E-state index in [1.807, 2.05) is 0 Å². The number of rotatable bonds is 5. The summed E-state index contributed by atoms with van der Waals surface area (Å²) in [6.45, 7) is -0.283. The van der Waals surface area contributed by atoms with Crippen molar-refractivity contribution in [2.75, 3.05) is 18.1 Å². The minimum Gasteiger partial charge on any atom is -0.342 e. The Balaban J connectivity index is 1.75. The van der Waals surface area contributed by atoms with Crippen molar-refractivity contribution in [2.24, 2.45) is 0 Å². The van der Waals surface area contributed by atoms with Crippen LogP contribution in [-0.4, -0.2) is 42.4 Å². The predicted molar refractivity (Wildman–Crippen MR) is 103 cm³/mol. The quantitative estimate of drug-likeness (QED) is 0.616. The zero-order valence-corrected chi connectivity index (χ0v) is 16.5. The molecule has 2 amide bonds. The molecule has 2 heterocycles. The predicted octanol–water partition coefficient (Wildman–Crippen LogP) is 1.87. The first-order valence-electron chi connectivity index (χ1n) is 7.76.